The Balaban J connectivity index is 1.90. The third kappa shape index (κ3) is 2.71. The molecule has 0 amide bonds. The van der Waals surface area contributed by atoms with E-state index in [0.29, 0.717) is 11.0 Å². The van der Waals surface area contributed by atoms with Gasteiger partial charge in [0.05, 0.1) is 17.2 Å². The molecule has 0 aliphatic carbocycles. The van der Waals surface area contributed by atoms with Gasteiger partial charge in [0.1, 0.15) is 6.54 Å². The Labute approximate surface area is 124 Å². The largest absolute Gasteiger partial charge is 0.422 e. The second-order valence-electron chi connectivity index (χ2n) is 4.58. The molecule has 0 aliphatic heterocycles. The van der Waals surface area contributed by atoms with Crippen molar-refractivity contribution in [1.29, 1.82) is 0 Å². The summed E-state index contributed by atoms with van der Waals surface area (Å²) < 4.78 is 19.7. The zero-order chi connectivity index (χ0) is 15.5. The number of halogens is 1. The molecule has 3 rings (SSSR count). The fourth-order valence-electron chi connectivity index (χ4n) is 2.09. The topological polar surface area (TPSA) is 61.2 Å². The van der Waals surface area contributed by atoms with Crippen LogP contribution in [0.3, 0.4) is 0 Å². The van der Waals surface area contributed by atoms with Crippen molar-refractivity contribution in [2.45, 2.75) is 6.54 Å². The minimum absolute atomic E-state index is 0.168. The van der Waals surface area contributed by atoms with Crippen LogP contribution in [0.1, 0.15) is 0 Å². The molecule has 1 heterocycles. The predicted octanol–water partition coefficient (Wildman–Crippen LogP) is 2.14. The monoisotopic (exact) mass is 298 g/mol. The van der Waals surface area contributed by atoms with Crippen LogP contribution in [0.4, 0.5) is 4.39 Å². The Morgan fingerprint density at radius 2 is 1.86 bits per heavy atom. The molecule has 0 unspecified atom stereocenters. The van der Waals surface area contributed by atoms with Gasteiger partial charge in [0.2, 0.25) is 0 Å². The first-order valence-corrected chi connectivity index (χ1v) is 6.55. The van der Waals surface area contributed by atoms with E-state index in [2.05, 4.69) is 4.98 Å². The summed E-state index contributed by atoms with van der Waals surface area (Å²) in [5.74, 6) is -1.54. The maximum atomic E-state index is 13.5. The first-order chi connectivity index (χ1) is 10.6. The second-order valence-corrected chi connectivity index (χ2v) is 4.58. The summed E-state index contributed by atoms with van der Waals surface area (Å²) >= 11 is 0. The molecular weight excluding hydrogens is 287 g/mol. The van der Waals surface area contributed by atoms with Gasteiger partial charge in [-0.05, 0) is 24.3 Å². The third-order valence-corrected chi connectivity index (χ3v) is 3.10. The van der Waals surface area contributed by atoms with Gasteiger partial charge in [0.25, 0.3) is 5.56 Å². The van der Waals surface area contributed by atoms with E-state index in [9.17, 15) is 14.0 Å². The maximum Gasteiger partial charge on any atom is 0.331 e. The molecule has 3 aromatic rings. The van der Waals surface area contributed by atoms with Crippen molar-refractivity contribution < 1.29 is 13.9 Å². The lowest BCUT2D eigenvalue weighted by molar-refractivity contribution is -0.135. The molecule has 0 spiro atoms. The summed E-state index contributed by atoms with van der Waals surface area (Å²) in [6.45, 7) is -0.323. The summed E-state index contributed by atoms with van der Waals surface area (Å²) in [4.78, 5) is 27.9. The Bertz CT molecular complexity index is 905. The first kappa shape index (κ1) is 13.9. The zero-order valence-corrected chi connectivity index (χ0v) is 11.4. The van der Waals surface area contributed by atoms with Crippen molar-refractivity contribution in [2.24, 2.45) is 0 Å². The number of benzene rings is 2. The van der Waals surface area contributed by atoms with Crippen molar-refractivity contribution in [2.75, 3.05) is 0 Å². The van der Waals surface area contributed by atoms with Crippen LogP contribution in [-0.4, -0.2) is 15.5 Å². The first-order valence-electron chi connectivity index (χ1n) is 6.55. The predicted molar refractivity (Wildman–Crippen MR) is 78.0 cm³/mol. The fourth-order valence-corrected chi connectivity index (χ4v) is 2.09. The normalized spacial score (nSPS) is 10.6. The average Bonchev–Trinajstić information content (AvgIpc) is 2.52. The number of hydrogen-bond acceptors (Lipinski definition) is 4. The van der Waals surface area contributed by atoms with Crippen LogP contribution in [0, 0.1) is 5.82 Å². The van der Waals surface area contributed by atoms with Crippen LogP contribution in [0.15, 0.2) is 59.5 Å². The van der Waals surface area contributed by atoms with Gasteiger partial charge in [-0.15, -0.1) is 0 Å². The molecule has 1 aromatic heterocycles. The summed E-state index contributed by atoms with van der Waals surface area (Å²) in [6, 6.07) is 12.5. The number of aromatic nitrogens is 2. The van der Waals surface area contributed by atoms with E-state index in [1.807, 2.05) is 0 Å². The van der Waals surface area contributed by atoms with Crippen LogP contribution in [0.5, 0.6) is 5.75 Å². The average molecular weight is 298 g/mol. The minimum atomic E-state index is -0.733. The molecule has 0 radical (unpaired) electrons. The quantitative estimate of drug-likeness (QED) is 0.549. The van der Waals surface area contributed by atoms with Gasteiger partial charge in [-0.1, -0.05) is 24.3 Å². The molecule has 2 aromatic carbocycles. The molecule has 0 aliphatic rings. The smallest absolute Gasteiger partial charge is 0.331 e. The third-order valence-electron chi connectivity index (χ3n) is 3.10. The SMILES string of the molecule is O=C(Cn1c(=O)cnc2ccccc21)Oc1ccccc1F. The van der Waals surface area contributed by atoms with E-state index in [1.165, 1.54) is 22.8 Å². The molecular formula is C16H11FN2O3. The van der Waals surface area contributed by atoms with Crippen molar-refractivity contribution in [3.8, 4) is 5.75 Å². The number of hydrogen-bond donors (Lipinski definition) is 0. The highest BCUT2D eigenvalue weighted by Gasteiger charge is 2.12. The van der Waals surface area contributed by atoms with Gasteiger partial charge in [-0.3, -0.25) is 9.36 Å². The molecule has 110 valence electrons. The van der Waals surface area contributed by atoms with Crippen molar-refractivity contribution >= 4 is 17.0 Å². The van der Waals surface area contributed by atoms with E-state index in [1.54, 1.807) is 30.3 Å². The number of para-hydroxylation sites is 3. The number of rotatable bonds is 3. The Kier molecular flexibility index (Phi) is 3.65. The van der Waals surface area contributed by atoms with Crippen molar-refractivity contribution in [3.63, 3.8) is 0 Å². The highest BCUT2D eigenvalue weighted by Crippen LogP contribution is 2.16. The second kappa shape index (κ2) is 5.77. The molecule has 22 heavy (non-hydrogen) atoms. The summed E-state index contributed by atoms with van der Waals surface area (Å²) in [6.07, 6.45) is 1.14. The number of fused-ring (bicyclic) bond motifs is 1. The molecule has 5 nitrogen and oxygen atoms in total. The van der Waals surface area contributed by atoms with E-state index in [4.69, 9.17) is 4.74 Å². The Hall–Kier alpha value is -3.02. The molecule has 0 atom stereocenters. The van der Waals surface area contributed by atoms with E-state index in [0.717, 1.165) is 6.20 Å². The number of ether oxygens (including phenoxy) is 1. The highest BCUT2D eigenvalue weighted by molar-refractivity contribution is 5.78. The van der Waals surface area contributed by atoms with Crippen LogP contribution in [-0.2, 0) is 11.3 Å². The lowest BCUT2D eigenvalue weighted by Gasteiger charge is -2.09. The molecule has 0 saturated heterocycles. The van der Waals surface area contributed by atoms with Gasteiger partial charge in [0.15, 0.2) is 11.6 Å². The molecule has 0 saturated carbocycles. The summed E-state index contributed by atoms with van der Waals surface area (Å²) in [7, 11) is 0. The van der Waals surface area contributed by atoms with Gasteiger partial charge >= 0.3 is 5.97 Å². The van der Waals surface area contributed by atoms with Crippen molar-refractivity contribution in [3.05, 3.63) is 70.9 Å². The number of carbonyl (C=O) groups is 1. The van der Waals surface area contributed by atoms with E-state index < -0.39 is 17.3 Å². The van der Waals surface area contributed by atoms with Crippen LogP contribution in [0.2, 0.25) is 0 Å². The summed E-state index contributed by atoms with van der Waals surface area (Å²) in [5.41, 5.74) is 0.672. The minimum Gasteiger partial charge on any atom is -0.422 e. The summed E-state index contributed by atoms with van der Waals surface area (Å²) in [5, 5.41) is 0. The highest BCUT2D eigenvalue weighted by atomic mass is 19.1. The maximum absolute atomic E-state index is 13.5. The van der Waals surface area contributed by atoms with Crippen LogP contribution < -0.4 is 10.3 Å². The molecule has 0 fully saturated rings. The molecule has 0 N–H and O–H groups in total. The van der Waals surface area contributed by atoms with Gasteiger partial charge < -0.3 is 4.74 Å². The van der Waals surface area contributed by atoms with Crippen LogP contribution in [0.25, 0.3) is 11.0 Å². The van der Waals surface area contributed by atoms with Crippen molar-refractivity contribution in [1.82, 2.24) is 9.55 Å². The molecule has 0 bridgehead atoms. The fraction of sp³-hybridized carbons (Fsp3) is 0.0625. The zero-order valence-electron chi connectivity index (χ0n) is 11.4. The lowest BCUT2D eigenvalue weighted by Crippen LogP contribution is -2.27. The van der Waals surface area contributed by atoms with E-state index in [-0.39, 0.29) is 12.3 Å². The number of carbonyl (C=O) groups excluding carboxylic acids is 1. The Morgan fingerprint density at radius 3 is 2.68 bits per heavy atom. The lowest BCUT2D eigenvalue weighted by atomic mass is 10.3. The van der Waals surface area contributed by atoms with Gasteiger partial charge in [0, 0.05) is 0 Å². The van der Waals surface area contributed by atoms with Gasteiger partial charge in [-0.25, -0.2) is 14.2 Å². The molecule has 6 heteroatoms. The van der Waals surface area contributed by atoms with Crippen LogP contribution >= 0.6 is 0 Å². The Morgan fingerprint density at radius 1 is 1.14 bits per heavy atom. The standard InChI is InChI=1S/C16H11FN2O3/c17-11-5-1-4-8-14(11)22-16(21)10-19-13-7-3-2-6-12(13)18-9-15(19)20/h1-9H,10H2. The number of esters is 1. The van der Waals surface area contributed by atoms with Gasteiger partial charge in [-0.2, -0.15) is 0 Å². The number of nitrogens with zero attached hydrogens (tertiary/aromatic N) is 2. The van der Waals surface area contributed by atoms with E-state index >= 15 is 0 Å².